The standard InChI is InChI=1S/C11H19N3O/c1-8(12)11-5-13-7-14(11)6-10-3-4-15-9(10)2/h5,7-10H,3-4,6,12H2,1-2H3/t8-,9?,10?/m1/s1. The summed E-state index contributed by atoms with van der Waals surface area (Å²) in [6.07, 6.45) is 5.21. The Balaban J connectivity index is 2.06. The molecule has 0 radical (unpaired) electrons. The molecule has 1 aromatic heterocycles. The topological polar surface area (TPSA) is 53.1 Å². The highest BCUT2D eigenvalue weighted by atomic mass is 16.5. The van der Waals surface area contributed by atoms with Crippen LogP contribution >= 0.6 is 0 Å². The van der Waals surface area contributed by atoms with E-state index in [0.717, 1.165) is 25.3 Å². The largest absolute Gasteiger partial charge is 0.378 e. The molecule has 2 unspecified atom stereocenters. The van der Waals surface area contributed by atoms with E-state index in [-0.39, 0.29) is 6.04 Å². The molecular weight excluding hydrogens is 190 g/mol. The Morgan fingerprint density at radius 3 is 3.13 bits per heavy atom. The Hall–Kier alpha value is -0.870. The molecule has 0 spiro atoms. The third-order valence-corrected chi connectivity index (χ3v) is 3.18. The van der Waals surface area contributed by atoms with E-state index >= 15 is 0 Å². The van der Waals surface area contributed by atoms with Crippen LogP contribution in [0.2, 0.25) is 0 Å². The van der Waals surface area contributed by atoms with E-state index < -0.39 is 0 Å². The van der Waals surface area contributed by atoms with Gasteiger partial charge in [0.1, 0.15) is 0 Å². The molecule has 15 heavy (non-hydrogen) atoms. The van der Waals surface area contributed by atoms with Crippen molar-refractivity contribution in [2.75, 3.05) is 6.61 Å². The van der Waals surface area contributed by atoms with Gasteiger partial charge >= 0.3 is 0 Å². The van der Waals surface area contributed by atoms with Crippen LogP contribution in [0.5, 0.6) is 0 Å². The Bertz CT molecular complexity index is 321. The van der Waals surface area contributed by atoms with Crippen LogP contribution in [0, 0.1) is 5.92 Å². The molecule has 3 atom stereocenters. The molecule has 4 heteroatoms. The lowest BCUT2D eigenvalue weighted by atomic mass is 10.0. The third-order valence-electron chi connectivity index (χ3n) is 3.18. The first-order valence-corrected chi connectivity index (χ1v) is 5.55. The number of ether oxygens (including phenoxy) is 1. The predicted molar refractivity (Wildman–Crippen MR) is 58.4 cm³/mol. The fourth-order valence-electron chi connectivity index (χ4n) is 2.13. The minimum atomic E-state index is 0.0464. The zero-order valence-electron chi connectivity index (χ0n) is 9.39. The van der Waals surface area contributed by atoms with Crippen molar-refractivity contribution in [2.24, 2.45) is 11.7 Å². The summed E-state index contributed by atoms with van der Waals surface area (Å²) in [5.74, 6) is 0.594. The van der Waals surface area contributed by atoms with Crippen molar-refractivity contribution in [1.82, 2.24) is 9.55 Å². The molecule has 0 aromatic carbocycles. The summed E-state index contributed by atoms with van der Waals surface area (Å²) in [7, 11) is 0. The van der Waals surface area contributed by atoms with E-state index in [4.69, 9.17) is 10.5 Å². The van der Waals surface area contributed by atoms with E-state index in [2.05, 4.69) is 16.5 Å². The molecule has 84 valence electrons. The summed E-state index contributed by atoms with van der Waals surface area (Å²) in [6, 6.07) is 0.0464. The first kappa shape index (κ1) is 10.6. The molecule has 0 bridgehead atoms. The van der Waals surface area contributed by atoms with E-state index in [0.29, 0.717) is 12.0 Å². The zero-order chi connectivity index (χ0) is 10.8. The van der Waals surface area contributed by atoms with Gasteiger partial charge in [-0.2, -0.15) is 0 Å². The van der Waals surface area contributed by atoms with Gasteiger partial charge in [-0.3, -0.25) is 0 Å². The van der Waals surface area contributed by atoms with Crippen LogP contribution in [0.4, 0.5) is 0 Å². The Labute approximate surface area is 90.4 Å². The Morgan fingerprint density at radius 1 is 1.73 bits per heavy atom. The number of hydrogen-bond acceptors (Lipinski definition) is 3. The summed E-state index contributed by atoms with van der Waals surface area (Å²) in [5.41, 5.74) is 6.98. The van der Waals surface area contributed by atoms with Crippen molar-refractivity contribution in [1.29, 1.82) is 0 Å². The molecular formula is C11H19N3O. The molecule has 1 aromatic rings. The third kappa shape index (κ3) is 2.21. The van der Waals surface area contributed by atoms with E-state index in [1.807, 2.05) is 19.4 Å². The molecule has 4 nitrogen and oxygen atoms in total. The SMILES string of the molecule is CC1OCCC1Cn1cncc1[C@@H](C)N. The van der Waals surface area contributed by atoms with Gasteiger partial charge in [0, 0.05) is 31.3 Å². The molecule has 0 amide bonds. The van der Waals surface area contributed by atoms with Gasteiger partial charge in [-0.25, -0.2) is 4.98 Å². The average molecular weight is 209 g/mol. The van der Waals surface area contributed by atoms with E-state index in [1.165, 1.54) is 0 Å². The maximum absolute atomic E-state index is 5.88. The van der Waals surface area contributed by atoms with Gasteiger partial charge < -0.3 is 15.0 Å². The number of aromatic nitrogens is 2. The van der Waals surface area contributed by atoms with Crippen LogP contribution in [-0.4, -0.2) is 22.3 Å². The lowest BCUT2D eigenvalue weighted by Gasteiger charge is -2.17. The molecule has 0 aliphatic carbocycles. The van der Waals surface area contributed by atoms with Crippen LogP contribution in [0.1, 0.15) is 32.0 Å². The normalized spacial score (nSPS) is 28.2. The van der Waals surface area contributed by atoms with Crippen molar-refractivity contribution >= 4 is 0 Å². The van der Waals surface area contributed by atoms with Crippen LogP contribution in [0.25, 0.3) is 0 Å². The smallest absolute Gasteiger partial charge is 0.0948 e. The van der Waals surface area contributed by atoms with Crippen molar-refractivity contribution in [3.63, 3.8) is 0 Å². The van der Waals surface area contributed by atoms with Gasteiger partial charge in [-0.15, -0.1) is 0 Å². The van der Waals surface area contributed by atoms with Gasteiger partial charge in [0.05, 0.1) is 18.1 Å². The van der Waals surface area contributed by atoms with E-state index in [9.17, 15) is 0 Å². The summed E-state index contributed by atoms with van der Waals surface area (Å²) < 4.78 is 7.70. The summed E-state index contributed by atoms with van der Waals surface area (Å²) in [6.45, 7) is 5.98. The molecule has 2 N–H and O–H groups in total. The van der Waals surface area contributed by atoms with Gasteiger partial charge in [0.15, 0.2) is 0 Å². The molecule has 1 aliphatic rings. The first-order valence-electron chi connectivity index (χ1n) is 5.55. The van der Waals surface area contributed by atoms with Crippen LogP contribution < -0.4 is 5.73 Å². The van der Waals surface area contributed by atoms with Crippen LogP contribution in [-0.2, 0) is 11.3 Å². The molecule has 1 saturated heterocycles. The second-order valence-electron chi connectivity index (χ2n) is 4.38. The molecule has 1 aliphatic heterocycles. The first-order chi connectivity index (χ1) is 7.18. The molecule has 0 saturated carbocycles. The summed E-state index contributed by atoms with van der Waals surface area (Å²) >= 11 is 0. The van der Waals surface area contributed by atoms with Crippen molar-refractivity contribution in [3.8, 4) is 0 Å². The monoisotopic (exact) mass is 209 g/mol. The van der Waals surface area contributed by atoms with Crippen molar-refractivity contribution < 1.29 is 4.74 Å². The van der Waals surface area contributed by atoms with Crippen LogP contribution in [0.3, 0.4) is 0 Å². The maximum atomic E-state index is 5.88. The minimum absolute atomic E-state index is 0.0464. The van der Waals surface area contributed by atoms with Gasteiger partial charge in [0.25, 0.3) is 0 Å². The number of imidazole rings is 1. The highest BCUT2D eigenvalue weighted by Gasteiger charge is 2.25. The lowest BCUT2D eigenvalue weighted by Crippen LogP contribution is -2.20. The highest BCUT2D eigenvalue weighted by Crippen LogP contribution is 2.23. The molecule has 1 fully saturated rings. The van der Waals surface area contributed by atoms with Crippen molar-refractivity contribution in [2.45, 2.75) is 39.0 Å². The average Bonchev–Trinajstić information content (AvgIpc) is 2.77. The van der Waals surface area contributed by atoms with Gasteiger partial charge in [-0.1, -0.05) is 0 Å². The lowest BCUT2D eigenvalue weighted by molar-refractivity contribution is 0.101. The summed E-state index contributed by atoms with van der Waals surface area (Å²) in [5, 5.41) is 0. The fourth-order valence-corrected chi connectivity index (χ4v) is 2.13. The quantitative estimate of drug-likeness (QED) is 0.817. The number of nitrogens with zero attached hydrogens (tertiary/aromatic N) is 2. The second kappa shape index (κ2) is 4.33. The fraction of sp³-hybridized carbons (Fsp3) is 0.727. The number of nitrogens with two attached hydrogens (primary N) is 1. The van der Waals surface area contributed by atoms with Gasteiger partial charge in [-0.05, 0) is 20.3 Å². The Morgan fingerprint density at radius 2 is 2.53 bits per heavy atom. The minimum Gasteiger partial charge on any atom is -0.378 e. The summed E-state index contributed by atoms with van der Waals surface area (Å²) in [4.78, 5) is 4.15. The van der Waals surface area contributed by atoms with Crippen LogP contribution in [0.15, 0.2) is 12.5 Å². The Kier molecular flexibility index (Phi) is 3.07. The van der Waals surface area contributed by atoms with Gasteiger partial charge in [0.2, 0.25) is 0 Å². The maximum Gasteiger partial charge on any atom is 0.0948 e. The second-order valence-corrected chi connectivity index (χ2v) is 4.38. The predicted octanol–water partition coefficient (Wildman–Crippen LogP) is 1.33. The highest BCUT2D eigenvalue weighted by molar-refractivity contribution is 5.03. The van der Waals surface area contributed by atoms with Crippen molar-refractivity contribution in [3.05, 3.63) is 18.2 Å². The van der Waals surface area contributed by atoms with E-state index in [1.54, 1.807) is 0 Å². The molecule has 2 rings (SSSR count). The molecule has 2 heterocycles. The number of rotatable bonds is 3. The number of hydrogen-bond donors (Lipinski definition) is 1. The zero-order valence-corrected chi connectivity index (χ0v) is 9.39.